The topological polar surface area (TPSA) is 34.0 Å². The summed E-state index contributed by atoms with van der Waals surface area (Å²) in [6.07, 6.45) is 4.63. The van der Waals surface area contributed by atoms with E-state index < -0.39 is 0 Å². The van der Waals surface area contributed by atoms with Crippen molar-refractivity contribution in [2.75, 3.05) is 6.54 Å². The van der Waals surface area contributed by atoms with Crippen molar-refractivity contribution < 1.29 is 4.79 Å². The highest BCUT2D eigenvalue weighted by atomic mass is 16.1. The number of carbonyl (C=O) groups excluding carboxylic acids is 1. The van der Waals surface area contributed by atoms with Crippen molar-refractivity contribution in [3.63, 3.8) is 0 Å². The highest BCUT2D eigenvalue weighted by Gasteiger charge is 2.10. The lowest BCUT2D eigenvalue weighted by atomic mass is 10.0. The zero-order valence-electron chi connectivity index (χ0n) is 15.7. The van der Waals surface area contributed by atoms with Crippen molar-refractivity contribution in [2.24, 2.45) is 0 Å². The molecule has 3 aromatic rings. The average molecular weight is 348 g/mol. The first-order valence-electron chi connectivity index (χ1n) is 9.57. The van der Waals surface area contributed by atoms with Crippen LogP contribution in [0.25, 0.3) is 10.9 Å². The summed E-state index contributed by atoms with van der Waals surface area (Å²) in [5, 5.41) is 4.39. The molecule has 0 unspecified atom stereocenters. The zero-order chi connectivity index (χ0) is 18.4. The Morgan fingerprint density at radius 2 is 1.81 bits per heavy atom. The van der Waals surface area contributed by atoms with Crippen LogP contribution >= 0.6 is 0 Å². The Morgan fingerprint density at radius 3 is 2.58 bits per heavy atom. The van der Waals surface area contributed by atoms with Crippen LogP contribution < -0.4 is 5.32 Å². The van der Waals surface area contributed by atoms with Gasteiger partial charge in [-0.05, 0) is 42.9 Å². The van der Waals surface area contributed by atoms with Gasteiger partial charge in [-0.2, -0.15) is 0 Å². The largest absolute Gasteiger partial charge is 0.356 e. The number of aromatic nitrogens is 1. The minimum absolute atomic E-state index is 0.145. The van der Waals surface area contributed by atoms with Crippen LogP contribution in [0.5, 0.6) is 0 Å². The van der Waals surface area contributed by atoms with Crippen molar-refractivity contribution in [1.29, 1.82) is 0 Å². The van der Waals surface area contributed by atoms with Crippen LogP contribution in [-0.2, 0) is 17.8 Å². The van der Waals surface area contributed by atoms with Gasteiger partial charge in [0.25, 0.3) is 0 Å². The first-order valence-corrected chi connectivity index (χ1v) is 9.57. The molecule has 136 valence electrons. The van der Waals surface area contributed by atoms with Crippen molar-refractivity contribution in [1.82, 2.24) is 9.88 Å². The van der Waals surface area contributed by atoms with Crippen molar-refractivity contribution in [3.05, 3.63) is 71.9 Å². The number of rotatable bonds is 8. The summed E-state index contributed by atoms with van der Waals surface area (Å²) in [4.78, 5) is 12.2. The van der Waals surface area contributed by atoms with E-state index >= 15 is 0 Å². The van der Waals surface area contributed by atoms with E-state index in [-0.39, 0.29) is 5.91 Å². The maximum atomic E-state index is 12.2. The number of para-hydroxylation sites is 1. The monoisotopic (exact) mass is 348 g/mol. The molecule has 3 rings (SSSR count). The van der Waals surface area contributed by atoms with E-state index in [9.17, 15) is 4.79 Å². The van der Waals surface area contributed by atoms with E-state index in [2.05, 4.69) is 66.3 Å². The fraction of sp³-hybridized carbons (Fsp3) is 0.348. The zero-order valence-corrected chi connectivity index (χ0v) is 15.7. The molecule has 2 aromatic carbocycles. The Labute approximate surface area is 156 Å². The molecular weight excluding hydrogens is 320 g/mol. The Kier molecular flexibility index (Phi) is 6.11. The molecule has 26 heavy (non-hydrogen) atoms. The minimum Gasteiger partial charge on any atom is -0.356 e. The van der Waals surface area contributed by atoms with Crippen molar-refractivity contribution in [2.45, 2.75) is 45.6 Å². The molecule has 0 radical (unpaired) electrons. The summed E-state index contributed by atoms with van der Waals surface area (Å²) in [5.74, 6) is 0.481. The first kappa shape index (κ1) is 18.2. The van der Waals surface area contributed by atoms with Gasteiger partial charge in [0.1, 0.15) is 0 Å². The predicted octanol–water partition coefficient (Wildman–Crippen LogP) is 4.90. The lowest BCUT2D eigenvalue weighted by Gasteiger charge is -2.13. The molecule has 0 aliphatic carbocycles. The van der Waals surface area contributed by atoms with E-state index in [1.807, 2.05) is 18.2 Å². The van der Waals surface area contributed by atoms with Crippen LogP contribution in [0, 0.1) is 0 Å². The number of aryl methyl sites for hydroxylation is 2. The maximum Gasteiger partial charge on any atom is 0.220 e. The van der Waals surface area contributed by atoms with Crippen LogP contribution in [-0.4, -0.2) is 17.0 Å². The standard InChI is InChI=1S/C23H28N2O/c1-3-25-17-20(21-13-7-8-14-22(21)25)12-9-15-23(26)24-16-18(2)19-10-5-4-6-11-19/h4-8,10-11,13-14,17-18H,3,9,12,15-16H2,1-2H3,(H,24,26)/t18-/m0/s1. The second kappa shape index (κ2) is 8.70. The quantitative estimate of drug-likeness (QED) is 0.617. The molecule has 0 spiro atoms. The molecule has 0 aliphatic rings. The van der Waals surface area contributed by atoms with Crippen LogP contribution in [0.15, 0.2) is 60.8 Å². The van der Waals surface area contributed by atoms with Gasteiger partial charge in [0.2, 0.25) is 5.91 Å². The molecule has 0 fully saturated rings. The predicted molar refractivity (Wildman–Crippen MR) is 108 cm³/mol. The lowest BCUT2D eigenvalue weighted by Crippen LogP contribution is -2.27. The molecule has 3 nitrogen and oxygen atoms in total. The Balaban J connectivity index is 1.48. The number of nitrogens with one attached hydrogen (secondary N) is 1. The Bertz CT molecular complexity index is 851. The molecule has 3 heteroatoms. The van der Waals surface area contributed by atoms with Gasteiger partial charge in [-0.1, -0.05) is 55.5 Å². The summed E-state index contributed by atoms with van der Waals surface area (Å²) < 4.78 is 2.28. The number of nitrogens with zero attached hydrogens (tertiary/aromatic N) is 1. The second-order valence-electron chi connectivity index (χ2n) is 6.93. The summed E-state index contributed by atoms with van der Waals surface area (Å²) in [6.45, 7) is 5.98. The van der Waals surface area contributed by atoms with E-state index in [0.29, 0.717) is 18.9 Å². The average Bonchev–Trinajstić information content (AvgIpc) is 3.05. The fourth-order valence-corrected chi connectivity index (χ4v) is 3.48. The van der Waals surface area contributed by atoms with Crippen LogP contribution in [0.4, 0.5) is 0 Å². The van der Waals surface area contributed by atoms with Crippen LogP contribution in [0.1, 0.15) is 43.7 Å². The molecule has 1 aromatic heterocycles. The third kappa shape index (κ3) is 4.34. The summed E-state index contributed by atoms with van der Waals surface area (Å²) >= 11 is 0. The molecule has 0 saturated heterocycles. The summed E-state index contributed by atoms with van der Waals surface area (Å²) in [6, 6.07) is 18.8. The van der Waals surface area contributed by atoms with Crippen molar-refractivity contribution in [3.8, 4) is 0 Å². The third-order valence-corrected chi connectivity index (χ3v) is 5.04. The van der Waals surface area contributed by atoms with Gasteiger partial charge in [0, 0.05) is 36.6 Å². The van der Waals surface area contributed by atoms with Gasteiger partial charge in [-0.15, -0.1) is 0 Å². The molecule has 1 heterocycles. The van der Waals surface area contributed by atoms with E-state index in [0.717, 1.165) is 19.4 Å². The maximum absolute atomic E-state index is 12.2. The van der Waals surface area contributed by atoms with Crippen LogP contribution in [0.3, 0.4) is 0 Å². The molecule has 0 saturated carbocycles. The minimum atomic E-state index is 0.145. The van der Waals surface area contributed by atoms with Gasteiger partial charge in [0.15, 0.2) is 0 Å². The molecule has 1 amide bonds. The van der Waals surface area contributed by atoms with Crippen LogP contribution in [0.2, 0.25) is 0 Å². The number of hydrogen-bond donors (Lipinski definition) is 1. The smallest absolute Gasteiger partial charge is 0.220 e. The molecular formula is C23H28N2O. The Morgan fingerprint density at radius 1 is 1.08 bits per heavy atom. The second-order valence-corrected chi connectivity index (χ2v) is 6.93. The summed E-state index contributed by atoms with van der Waals surface area (Å²) in [7, 11) is 0. The first-order chi connectivity index (χ1) is 12.7. The van der Waals surface area contributed by atoms with E-state index in [4.69, 9.17) is 0 Å². The van der Waals surface area contributed by atoms with Gasteiger partial charge in [-0.25, -0.2) is 0 Å². The van der Waals surface area contributed by atoms with Gasteiger partial charge in [-0.3, -0.25) is 4.79 Å². The summed E-state index contributed by atoms with van der Waals surface area (Å²) in [5.41, 5.74) is 3.89. The number of carbonyl (C=O) groups is 1. The normalized spacial score (nSPS) is 12.2. The van der Waals surface area contributed by atoms with Crippen molar-refractivity contribution >= 4 is 16.8 Å². The highest BCUT2D eigenvalue weighted by molar-refractivity contribution is 5.84. The molecule has 0 aliphatic heterocycles. The van der Waals surface area contributed by atoms with Gasteiger partial charge >= 0.3 is 0 Å². The molecule has 1 atom stereocenters. The fourth-order valence-electron chi connectivity index (χ4n) is 3.48. The lowest BCUT2D eigenvalue weighted by molar-refractivity contribution is -0.121. The number of fused-ring (bicyclic) bond motifs is 1. The molecule has 0 bridgehead atoms. The SMILES string of the molecule is CCn1cc(CCCC(=O)NC[C@H](C)c2ccccc2)c2ccccc21. The number of hydrogen-bond acceptors (Lipinski definition) is 1. The highest BCUT2D eigenvalue weighted by Crippen LogP contribution is 2.23. The number of amides is 1. The van der Waals surface area contributed by atoms with Gasteiger partial charge < -0.3 is 9.88 Å². The third-order valence-electron chi connectivity index (χ3n) is 5.04. The Hall–Kier alpha value is -2.55. The number of benzene rings is 2. The van der Waals surface area contributed by atoms with E-state index in [1.165, 1.54) is 22.0 Å². The van der Waals surface area contributed by atoms with E-state index in [1.54, 1.807) is 0 Å². The molecule has 1 N–H and O–H groups in total. The van der Waals surface area contributed by atoms with Gasteiger partial charge in [0.05, 0.1) is 0 Å².